The third-order valence-corrected chi connectivity index (χ3v) is 11.7. The van der Waals surface area contributed by atoms with Crippen molar-refractivity contribution in [2.75, 3.05) is 72.4 Å². The minimum atomic E-state index is -0.349. The molecule has 3 N–H and O–H groups in total. The average Bonchev–Trinajstić information content (AvgIpc) is 3.76. The zero-order chi connectivity index (χ0) is 41.8. The number of anilines is 5. The number of hydrogen-bond donors (Lipinski definition) is 3. The summed E-state index contributed by atoms with van der Waals surface area (Å²) in [5.74, 6) is 1.73. The first kappa shape index (κ1) is 40.4. The predicted octanol–water partition coefficient (Wildman–Crippen LogP) is 5.96. The number of carbonyl (C=O) groups excluding carboxylic acids is 3. The quantitative estimate of drug-likeness (QED) is 0.145. The topological polar surface area (TPSA) is 157 Å². The third-order valence-electron chi connectivity index (χ3n) is 11.7. The zero-order valence-electron chi connectivity index (χ0n) is 34.9. The average molecular weight is 811 g/mol. The number of pyridine rings is 1. The van der Waals surface area contributed by atoms with Gasteiger partial charge in [0, 0.05) is 94.7 Å². The number of hydrogen-bond acceptors (Lipinski definition) is 11. The summed E-state index contributed by atoms with van der Waals surface area (Å²) in [6, 6.07) is 19.9. The number of carbonyl (C=O) groups is 3. The summed E-state index contributed by atoms with van der Waals surface area (Å²) >= 11 is 0. The Morgan fingerprint density at radius 1 is 0.867 bits per heavy atom. The monoisotopic (exact) mass is 810 g/mol. The van der Waals surface area contributed by atoms with E-state index in [-0.39, 0.29) is 23.4 Å². The van der Waals surface area contributed by atoms with Gasteiger partial charge in [-0.15, -0.1) is 0 Å². The van der Waals surface area contributed by atoms with Crippen LogP contribution in [0.3, 0.4) is 0 Å². The molecular formula is C45H54N12O3. The van der Waals surface area contributed by atoms with Crippen LogP contribution < -0.4 is 30.7 Å². The van der Waals surface area contributed by atoms with Gasteiger partial charge in [0.1, 0.15) is 5.82 Å². The number of amides is 4. The van der Waals surface area contributed by atoms with Gasteiger partial charge in [-0.05, 0) is 100 Å². The molecule has 0 saturated carbocycles. The minimum Gasteiger partial charge on any atom is -0.371 e. The molecule has 15 nitrogen and oxygen atoms in total. The van der Waals surface area contributed by atoms with Crippen LogP contribution >= 0.6 is 0 Å². The van der Waals surface area contributed by atoms with Crippen LogP contribution in [0.5, 0.6) is 0 Å². The molecule has 0 radical (unpaired) electrons. The third kappa shape index (κ3) is 9.57. The molecule has 5 aromatic rings. The van der Waals surface area contributed by atoms with Crippen molar-refractivity contribution in [1.82, 2.24) is 40.3 Å². The van der Waals surface area contributed by atoms with E-state index in [9.17, 15) is 14.4 Å². The van der Waals surface area contributed by atoms with Gasteiger partial charge in [-0.3, -0.25) is 29.4 Å². The van der Waals surface area contributed by atoms with Gasteiger partial charge in [-0.1, -0.05) is 18.2 Å². The highest BCUT2D eigenvalue weighted by atomic mass is 16.2. The second-order valence-electron chi connectivity index (χ2n) is 17.0. The van der Waals surface area contributed by atoms with E-state index >= 15 is 0 Å². The van der Waals surface area contributed by atoms with E-state index in [1.165, 1.54) is 0 Å². The number of aryl methyl sites for hydroxylation is 1. The van der Waals surface area contributed by atoms with Gasteiger partial charge in [-0.25, -0.2) is 19.7 Å². The van der Waals surface area contributed by atoms with Gasteiger partial charge < -0.3 is 20.4 Å². The molecule has 0 aliphatic carbocycles. The van der Waals surface area contributed by atoms with Crippen molar-refractivity contribution in [3.63, 3.8) is 0 Å². The summed E-state index contributed by atoms with van der Waals surface area (Å²) in [4.78, 5) is 59.8. The first-order valence-electron chi connectivity index (χ1n) is 20.9. The van der Waals surface area contributed by atoms with E-state index in [1.807, 2.05) is 70.3 Å². The number of urea groups is 1. The van der Waals surface area contributed by atoms with Crippen LogP contribution in [0, 0.1) is 12.8 Å². The van der Waals surface area contributed by atoms with Gasteiger partial charge in [0.15, 0.2) is 0 Å². The largest absolute Gasteiger partial charge is 0.371 e. The lowest BCUT2D eigenvalue weighted by Crippen LogP contribution is -2.49. The first-order valence-corrected chi connectivity index (χ1v) is 20.9. The molecule has 15 heteroatoms. The molecule has 0 bridgehead atoms. The summed E-state index contributed by atoms with van der Waals surface area (Å²) in [5.41, 5.74) is 6.96. The van der Waals surface area contributed by atoms with Gasteiger partial charge in [0.05, 0.1) is 34.9 Å². The number of piperazine rings is 1. The number of nitrogens with zero attached hydrogens (tertiary/aromatic N) is 9. The Morgan fingerprint density at radius 3 is 2.38 bits per heavy atom. The van der Waals surface area contributed by atoms with Crippen LogP contribution in [0.2, 0.25) is 0 Å². The molecule has 6 heterocycles. The molecule has 4 amide bonds. The number of imide groups is 1. The van der Waals surface area contributed by atoms with Gasteiger partial charge in [0.25, 0.3) is 5.91 Å². The smallest absolute Gasteiger partial charge is 0.328 e. The second-order valence-corrected chi connectivity index (χ2v) is 17.0. The van der Waals surface area contributed by atoms with Gasteiger partial charge in [-0.2, -0.15) is 5.10 Å². The highest BCUT2D eigenvalue weighted by Gasteiger charge is 2.27. The van der Waals surface area contributed by atoms with Crippen molar-refractivity contribution < 1.29 is 14.4 Å². The van der Waals surface area contributed by atoms with E-state index in [4.69, 9.17) is 9.97 Å². The van der Waals surface area contributed by atoms with E-state index in [1.54, 1.807) is 28.2 Å². The van der Waals surface area contributed by atoms with Crippen molar-refractivity contribution in [2.24, 2.45) is 5.92 Å². The van der Waals surface area contributed by atoms with Crippen molar-refractivity contribution in [1.29, 1.82) is 0 Å². The van der Waals surface area contributed by atoms with Gasteiger partial charge >= 0.3 is 6.03 Å². The van der Waals surface area contributed by atoms with E-state index < -0.39 is 0 Å². The van der Waals surface area contributed by atoms with Crippen LogP contribution in [0.1, 0.15) is 61.5 Å². The maximum absolute atomic E-state index is 12.8. The standard InChI is InChI=1S/C45H54N12O3/c1-31-24-33(8-9-34(31)26-48-42(59)35-27-49-57(30-35)45(2,3)4)39-12-16-46-43(51-39)50-36-10-11-40(47-28-36)55-22-20-53(21-23-55)29-32-13-17-54(18-14-32)37-6-5-7-38(25-37)56-19-15-41(58)52-44(56)60/h5-12,16,24-25,27-28,30,32H,13-15,17-23,26,29H2,1-4H3,(H,48,59)(H,46,50,51)(H,52,58,60). The van der Waals surface area contributed by atoms with E-state index in [2.05, 4.69) is 65.0 Å². The maximum Gasteiger partial charge on any atom is 0.328 e. The normalized spacial score (nSPS) is 16.8. The lowest BCUT2D eigenvalue weighted by Gasteiger charge is -2.40. The number of nitrogens with one attached hydrogen (secondary N) is 3. The molecule has 3 aliphatic rings. The second kappa shape index (κ2) is 17.5. The molecule has 8 rings (SSSR count). The van der Waals surface area contributed by atoms with Crippen molar-refractivity contribution >= 4 is 46.7 Å². The summed E-state index contributed by atoms with van der Waals surface area (Å²) < 4.78 is 1.80. The summed E-state index contributed by atoms with van der Waals surface area (Å²) in [5, 5.41) is 13.1. The fourth-order valence-corrected chi connectivity index (χ4v) is 8.06. The lowest BCUT2D eigenvalue weighted by molar-refractivity contribution is -0.120. The zero-order valence-corrected chi connectivity index (χ0v) is 34.9. The number of piperidine rings is 1. The van der Waals surface area contributed by atoms with Crippen LogP contribution in [-0.2, 0) is 16.9 Å². The molecule has 3 aromatic heterocycles. The molecular weight excluding hydrogens is 757 g/mol. The Labute approximate surface area is 351 Å². The molecule has 312 valence electrons. The lowest BCUT2D eigenvalue weighted by atomic mass is 9.95. The molecule has 2 aromatic carbocycles. The fraction of sp³-hybridized carbons (Fsp3) is 0.400. The Morgan fingerprint density at radius 2 is 1.67 bits per heavy atom. The molecule has 60 heavy (non-hydrogen) atoms. The van der Waals surface area contributed by atoms with Crippen molar-refractivity contribution in [3.05, 3.63) is 102 Å². The predicted molar refractivity (Wildman–Crippen MR) is 234 cm³/mol. The van der Waals surface area contributed by atoms with Crippen molar-refractivity contribution in [3.8, 4) is 11.3 Å². The molecule has 0 unspecified atom stereocenters. The summed E-state index contributed by atoms with van der Waals surface area (Å²) in [6.45, 7) is 15.9. The molecule has 0 spiro atoms. The maximum atomic E-state index is 12.8. The summed E-state index contributed by atoms with van der Waals surface area (Å²) in [7, 11) is 0. The van der Waals surface area contributed by atoms with Gasteiger partial charge in [0.2, 0.25) is 11.9 Å². The van der Waals surface area contributed by atoms with Crippen molar-refractivity contribution in [2.45, 2.75) is 59.0 Å². The SMILES string of the molecule is Cc1cc(-c2ccnc(Nc3ccc(N4CCN(CC5CCN(c6cccc(N7CCC(=O)NC7=O)c6)CC5)CC4)nc3)n2)ccc1CNC(=O)c1cnn(C(C)(C)C)c1. The highest BCUT2D eigenvalue weighted by Crippen LogP contribution is 2.29. The van der Waals surface area contributed by atoms with Crippen LogP contribution in [-0.4, -0.2) is 99.8 Å². The Hall–Kier alpha value is -6.35. The molecule has 3 aliphatic heterocycles. The minimum absolute atomic E-state index is 0.153. The number of aromatic nitrogens is 5. The Kier molecular flexibility index (Phi) is 11.8. The Bertz CT molecular complexity index is 2320. The fourth-order valence-electron chi connectivity index (χ4n) is 8.06. The van der Waals surface area contributed by atoms with Crippen LogP contribution in [0.4, 0.5) is 33.6 Å². The Balaban J connectivity index is 0.781. The highest BCUT2D eigenvalue weighted by molar-refractivity contribution is 6.05. The van der Waals surface area contributed by atoms with Crippen LogP contribution in [0.25, 0.3) is 11.3 Å². The number of rotatable bonds is 11. The molecule has 3 fully saturated rings. The molecule has 0 atom stereocenters. The van der Waals surface area contributed by atoms with E-state index in [0.717, 1.165) is 104 Å². The molecule has 3 saturated heterocycles. The number of benzene rings is 2. The summed E-state index contributed by atoms with van der Waals surface area (Å²) in [6.07, 6.45) is 9.55. The van der Waals surface area contributed by atoms with Crippen LogP contribution in [0.15, 0.2) is 85.5 Å². The van der Waals surface area contributed by atoms with E-state index in [0.29, 0.717) is 36.9 Å². The first-order chi connectivity index (χ1) is 28.9.